The van der Waals surface area contributed by atoms with E-state index in [2.05, 4.69) is 15.5 Å². The van der Waals surface area contributed by atoms with Crippen molar-refractivity contribution in [3.63, 3.8) is 0 Å². The van der Waals surface area contributed by atoms with Gasteiger partial charge in [-0.3, -0.25) is 5.43 Å². The second-order valence-corrected chi connectivity index (χ2v) is 6.91. The lowest BCUT2D eigenvalue weighted by Crippen LogP contribution is -1.91. The first-order chi connectivity index (χ1) is 11.8. The van der Waals surface area contributed by atoms with Crippen LogP contribution in [0.15, 0.2) is 64.4 Å². The number of nitrogens with zero attached hydrogens (tertiary/aromatic N) is 2. The maximum atomic E-state index is 13.9. The lowest BCUT2D eigenvalue weighted by molar-refractivity contribution is 0.640. The Bertz CT molecular complexity index is 1010. The third-order valence-corrected chi connectivity index (χ3v) is 5.10. The van der Waals surface area contributed by atoms with Crippen LogP contribution in [0.25, 0.3) is 21.3 Å². The molecule has 1 N–H and O–H groups in total. The summed E-state index contributed by atoms with van der Waals surface area (Å²) in [5, 5.41) is 9.37. The predicted octanol–water partition coefficient (Wildman–Crippen LogP) is 5.61. The van der Waals surface area contributed by atoms with Crippen molar-refractivity contribution in [2.45, 2.75) is 0 Å². The van der Waals surface area contributed by atoms with Gasteiger partial charge in [-0.15, -0.1) is 22.7 Å². The van der Waals surface area contributed by atoms with Crippen LogP contribution in [0.2, 0.25) is 0 Å². The number of rotatable bonds is 4. The normalized spacial score (nSPS) is 11.4. The highest BCUT2D eigenvalue weighted by Crippen LogP contribution is 2.26. The topological polar surface area (TPSA) is 37.3 Å². The van der Waals surface area contributed by atoms with Crippen molar-refractivity contribution < 1.29 is 4.39 Å². The van der Waals surface area contributed by atoms with Gasteiger partial charge >= 0.3 is 0 Å². The quantitative estimate of drug-likeness (QED) is 0.382. The van der Waals surface area contributed by atoms with Crippen molar-refractivity contribution in [3.05, 3.63) is 70.7 Å². The number of nitrogens with one attached hydrogen (secondary N) is 1. The van der Waals surface area contributed by atoms with Gasteiger partial charge in [0.15, 0.2) is 0 Å². The van der Waals surface area contributed by atoms with E-state index in [-0.39, 0.29) is 5.82 Å². The van der Waals surface area contributed by atoms with Crippen LogP contribution in [-0.4, -0.2) is 11.2 Å². The number of hydrogen-bond donors (Lipinski definition) is 1. The molecule has 4 aromatic rings. The summed E-state index contributed by atoms with van der Waals surface area (Å²) in [6.07, 6.45) is 1.60. The number of anilines is 1. The monoisotopic (exact) mass is 353 g/mol. The van der Waals surface area contributed by atoms with E-state index in [1.54, 1.807) is 12.3 Å². The van der Waals surface area contributed by atoms with Crippen molar-refractivity contribution in [2.24, 2.45) is 5.10 Å². The summed E-state index contributed by atoms with van der Waals surface area (Å²) in [5.74, 6) is -0.226. The molecule has 0 spiro atoms. The molecule has 0 saturated heterocycles. The van der Waals surface area contributed by atoms with Crippen molar-refractivity contribution in [3.8, 4) is 11.3 Å². The molecule has 0 amide bonds. The maximum absolute atomic E-state index is 13.9. The second kappa shape index (κ2) is 6.51. The van der Waals surface area contributed by atoms with Crippen molar-refractivity contribution >= 4 is 44.1 Å². The first-order valence-electron chi connectivity index (χ1n) is 7.26. The lowest BCUT2D eigenvalue weighted by Gasteiger charge is -1.97. The molecule has 24 heavy (non-hydrogen) atoms. The number of aromatic nitrogens is 1. The smallest absolute Gasteiger partial charge is 0.203 e. The number of hydrogen-bond acceptors (Lipinski definition) is 5. The van der Waals surface area contributed by atoms with Gasteiger partial charge in [0, 0.05) is 21.0 Å². The van der Waals surface area contributed by atoms with Gasteiger partial charge < -0.3 is 0 Å². The molecule has 0 saturated carbocycles. The molecule has 0 aliphatic heterocycles. The van der Waals surface area contributed by atoms with Crippen LogP contribution in [0, 0.1) is 5.82 Å². The molecule has 6 heteroatoms. The van der Waals surface area contributed by atoms with Gasteiger partial charge in [0.05, 0.1) is 11.9 Å². The first kappa shape index (κ1) is 15.0. The number of hydrazone groups is 1. The molecule has 4 rings (SSSR count). The molecule has 2 aromatic heterocycles. The molecule has 2 aromatic carbocycles. The first-order valence-corrected chi connectivity index (χ1v) is 9.02. The summed E-state index contributed by atoms with van der Waals surface area (Å²) in [5.41, 5.74) is 5.59. The highest BCUT2D eigenvalue weighted by Gasteiger charge is 2.05. The standard InChI is InChI=1S/C18H12FN3S2/c19-15-8-12(9-17-14(15)6-7-23-17)10-20-22-18-21-16(11-24-18)13-4-2-1-3-5-13/h1-11H,(H,21,22). The number of fused-ring (bicyclic) bond motifs is 1. The summed E-state index contributed by atoms with van der Waals surface area (Å²) in [6, 6.07) is 15.2. The van der Waals surface area contributed by atoms with Gasteiger partial charge in [-0.1, -0.05) is 30.3 Å². The number of benzene rings is 2. The fraction of sp³-hybridized carbons (Fsp3) is 0. The Labute approximate surface area is 146 Å². The fourth-order valence-corrected chi connectivity index (χ4v) is 3.87. The summed E-state index contributed by atoms with van der Waals surface area (Å²) in [7, 11) is 0. The van der Waals surface area contributed by atoms with Crippen LogP contribution in [-0.2, 0) is 0 Å². The highest BCUT2D eigenvalue weighted by molar-refractivity contribution is 7.17. The minimum absolute atomic E-state index is 0.226. The SMILES string of the molecule is Fc1cc(C=NNc2nc(-c3ccccc3)cs2)cc2sccc12. The van der Waals surface area contributed by atoms with Crippen LogP contribution in [0.1, 0.15) is 5.56 Å². The zero-order valence-electron chi connectivity index (χ0n) is 12.4. The Morgan fingerprint density at radius 2 is 1.96 bits per heavy atom. The molecule has 0 aliphatic carbocycles. The zero-order chi connectivity index (χ0) is 16.4. The Morgan fingerprint density at radius 3 is 2.83 bits per heavy atom. The third kappa shape index (κ3) is 3.06. The molecule has 118 valence electrons. The molecule has 0 atom stereocenters. The Balaban J connectivity index is 1.50. The minimum atomic E-state index is -0.226. The van der Waals surface area contributed by atoms with E-state index in [9.17, 15) is 4.39 Å². The van der Waals surface area contributed by atoms with Crippen molar-refractivity contribution in [1.29, 1.82) is 0 Å². The molecule has 0 unspecified atom stereocenters. The second-order valence-electron chi connectivity index (χ2n) is 5.11. The van der Waals surface area contributed by atoms with E-state index in [4.69, 9.17) is 0 Å². The van der Waals surface area contributed by atoms with Gasteiger partial charge in [0.1, 0.15) is 5.82 Å². The Kier molecular flexibility index (Phi) is 4.06. The maximum Gasteiger partial charge on any atom is 0.203 e. The van der Waals surface area contributed by atoms with Crippen molar-refractivity contribution in [1.82, 2.24) is 4.98 Å². The van der Waals surface area contributed by atoms with E-state index in [0.717, 1.165) is 21.5 Å². The van der Waals surface area contributed by atoms with Crippen LogP contribution < -0.4 is 5.43 Å². The summed E-state index contributed by atoms with van der Waals surface area (Å²) >= 11 is 2.99. The predicted molar refractivity (Wildman–Crippen MR) is 101 cm³/mol. The van der Waals surface area contributed by atoms with E-state index in [0.29, 0.717) is 10.5 Å². The molecule has 3 nitrogen and oxygen atoms in total. The summed E-state index contributed by atoms with van der Waals surface area (Å²) in [6.45, 7) is 0. The average molecular weight is 353 g/mol. The molecule has 0 bridgehead atoms. The number of halogens is 1. The average Bonchev–Trinajstić information content (AvgIpc) is 3.25. The summed E-state index contributed by atoms with van der Waals surface area (Å²) < 4.78 is 14.8. The third-order valence-electron chi connectivity index (χ3n) is 3.49. The van der Waals surface area contributed by atoms with Gasteiger partial charge in [0.2, 0.25) is 5.13 Å². The van der Waals surface area contributed by atoms with Crippen LogP contribution in [0.3, 0.4) is 0 Å². The van der Waals surface area contributed by atoms with Crippen molar-refractivity contribution in [2.75, 3.05) is 5.43 Å². The van der Waals surface area contributed by atoms with E-state index in [1.807, 2.05) is 47.2 Å². The summed E-state index contributed by atoms with van der Waals surface area (Å²) in [4.78, 5) is 4.49. The van der Waals surface area contributed by atoms with Gasteiger partial charge in [0.25, 0.3) is 0 Å². The van der Waals surface area contributed by atoms with Crippen LogP contribution >= 0.6 is 22.7 Å². The minimum Gasteiger partial charge on any atom is -0.253 e. The van der Waals surface area contributed by atoms with E-state index in [1.165, 1.54) is 28.7 Å². The highest BCUT2D eigenvalue weighted by atomic mass is 32.1. The zero-order valence-corrected chi connectivity index (χ0v) is 14.1. The fourth-order valence-electron chi connectivity index (χ4n) is 2.35. The molecular formula is C18H12FN3S2. The Morgan fingerprint density at radius 1 is 1.08 bits per heavy atom. The molecule has 0 fully saturated rings. The molecule has 0 aliphatic rings. The van der Waals surface area contributed by atoms with Gasteiger partial charge in [-0.05, 0) is 29.1 Å². The molecule has 2 heterocycles. The number of thiazole rings is 1. The van der Waals surface area contributed by atoms with Crippen LogP contribution in [0.5, 0.6) is 0 Å². The Hall–Kier alpha value is -2.57. The van der Waals surface area contributed by atoms with Gasteiger partial charge in [-0.2, -0.15) is 5.10 Å². The molecular weight excluding hydrogens is 341 g/mol. The van der Waals surface area contributed by atoms with Crippen LogP contribution in [0.4, 0.5) is 9.52 Å². The molecule has 0 radical (unpaired) electrons. The van der Waals surface area contributed by atoms with Gasteiger partial charge in [-0.25, -0.2) is 9.37 Å². The number of thiophene rings is 1. The lowest BCUT2D eigenvalue weighted by atomic mass is 10.2. The van der Waals surface area contributed by atoms with E-state index < -0.39 is 0 Å². The van der Waals surface area contributed by atoms with E-state index >= 15 is 0 Å². The largest absolute Gasteiger partial charge is 0.253 e.